The van der Waals surface area contributed by atoms with Crippen molar-refractivity contribution in [2.75, 3.05) is 10.6 Å². The van der Waals surface area contributed by atoms with E-state index in [0.29, 0.717) is 21.7 Å². The molecule has 0 saturated carbocycles. The summed E-state index contributed by atoms with van der Waals surface area (Å²) in [6.07, 6.45) is -4.57. The van der Waals surface area contributed by atoms with Crippen molar-refractivity contribution in [1.82, 2.24) is 0 Å². The minimum Gasteiger partial charge on any atom is -0.308 e. The quantitative estimate of drug-likeness (QED) is 0.262. The molecule has 0 fully saturated rings. The molecule has 0 heterocycles. The maximum atomic E-state index is 13.1. The molecule has 0 aliphatic heterocycles. The van der Waals surface area contributed by atoms with Crippen LogP contribution in [0.2, 0.25) is 5.02 Å². The molecule has 4 aromatic carbocycles. The average Bonchev–Trinajstić information content (AvgIpc) is 2.84. The van der Waals surface area contributed by atoms with Gasteiger partial charge in [-0.3, -0.25) is 0 Å². The largest absolute Gasteiger partial charge is 0.416 e. The average molecular weight is 545 g/mol. The van der Waals surface area contributed by atoms with Crippen molar-refractivity contribution in [2.45, 2.75) is 16.8 Å². The van der Waals surface area contributed by atoms with Gasteiger partial charge in [0.2, 0.25) is 0 Å². The number of hydrogen-bond donors (Lipinski definition) is 2. The first kappa shape index (κ1) is 26.2. The number of sulfone groups is 1. The van der Waals surface area contributed by atoms with E-state index >= 15 is 0 Å². The number of alkyl halides is 3. The Morgan fingerprint density at radius 1 is 0.811 bits per heavy atom. The third kappa shape index (κ3) is 6.69. The Bertz CT molecular complexity index is 1540. The molecule has 0 aliphatic carbocycles. The molecule has 0 atom stereocenters. The van der Waals surface area contributed by atoms with Gasteiger partial charge < -0.3 is 10.6 Å². The van der Waals surface area contributed by atoms with Crippen LogP contribution < -0.4 is 10.6 Å². The molecule has 0 unspecified atom stereocenters. The normalized spacial score (nSPS) is 11.7. The van der Waals surface area contributed by atoms with Crippen molar-refractivity contribution in [3.05, 3.63) is 113 Å². The van der Waals surface area contributed by atoms with Gasteiger partial charge in [0, 0.05) is 16.3 Å². The Balaban J connectivity index is 1.67. The highest BCUT2D eigenvalue weighted by molar-refractivity contribution is 7.90. The van der Waals surface area contributed by atoms with E-state index in [1.54, 1.807) is 60.7 Å². The highest BCUT2D eigenvalue weighted by Crippen LogP contribution is 2.34. The first-order valence-corrected chi connectivity index (χ1v) is 13.0. The second-order valence-corrected chi connectivity index (χ2v) is 10.5. The number of nitrogens with one attached hydrogen (secondary N) is 2. The number of benzene rings is 4. The van der Waals surface area contributed by atoms with Crippen LogP contribution in [-0.4, -0.2) is 14.4 Å². The van der Waals surface area contributed by atoms with Gasteiger partial charge in [0.1, 0.15) is 0 Å². The molecule has 2 amide bonds. The van der Waals surface area contributed by atoms with Crippen LogP contribution in [0.5, 0.6) is 0 Å². The maximum Gasteiger partial charge on any atom is 0.416 e. The van der Waals surface area contributed by atoms with Gasteiger partial charge in [-0.15, -0.1) is 0 Å². The van der Waals surface area contributed by atoms with Crippen LogP contribution in [0, 0.1) is 0 Å². The van der Waals surface area contributed by atoms with E-state index in [9.17, 15) is 26.4 Å². The number of anilines is 2. The Labute approximate surface area is 216 Å². The number of hydrogen-bond acceptors (Lipinski definition) is 3. The lowest BCUT2D eigenvalue weighted by atomic mass is 10.0. The van der Waals surface area contributed by atoms with E-state index in [2.05, 4.69) is 10.6 Å². The maximum absolute atomic E-state index is 13.1. The molecule has 5 nitrogen and oxygen atoms in total. The highest BCUT2D eigenvalue weighted by Gasteiger charge is 2.30. The van der Waals surface area contributed by atoms with Gasteiger partial charge in [0.25, 0.3) is 0 Å². The van der Waals surface area contributed by atoms with Crippen LogP contribution in [0.15, 0.2) is 102 Å². The van der Waals surface area contributed by atoms with Crippen molar-refractivity contribution in [3.63, 3.8) is 0 Å². The third-order valence-corrected chi connectivity index (χ3v) is 7.30. The van der Waals surface area contributed by atoms with Crippen molar-refractivity contribution in [3.8, 4) is 11.1 Å². The summed E-state index contributed by atoms with van der Waals surface area (Å²) < 4.78 is 65.3. The third-order valence-electron chi connectivity index (χ3n) is 5.38. The Morgan fingerprint density at radius 2 is 1.54 bits per heavy atom. The second-order valence-electron chi connectivity index (χ2n) is 8.12. The molecule has 10 heteroatoms. The summed E-state index contributed by atoms with van der Waals surface area (Å²) in [5.74, 6) is -0.250. The van der Waals surface area contributed by atoms with Gasteiger partial charge in [-0.05, 0) is 53.6 Å². The van der Waals surface area contributed by atoms with Crippen molar-refractivity contribution < 1.29 is 26.4 Å². The Morgan fingerprint density at radius 3 is 2.24 bits per heavy atom. The fourth-order valence-corrected chi connectivity index (χ4v) is 5.22. The molecule has 0 aromatic heterocycles. The predicted octanol–water partition coefficient (Wildman–Crippen LogP) is 7.64. The van der Waals surface area contributed by atoms with E-state index in [-0.39, 0.29) is 22.0 Å². The zero-order valence-corrected chi connectivity index (χ0v) is 20.7. The molecule has 37 heavy (non-hydrogen) atoms. The van der Waals surface area contributed by atoms with Crippen LogP contribution in [0.25, 0.3) is 11.1 Å². The number of rotatable bonds is 6. The second kappa shape index (κ2) is 10.7. The van der Waals surface area contributed by atoms with Crippen LogP contribution in [0.4, 0.5) is 29.3 Å². The number of carbonyl (C=O) groups is 1. The standard InChI is InChI=1S/C27H20ClF3N2O3S/c28-21-10-4-8-19(14-21)24-13-12-23(37(35,36)17-18-6-2-1-3-7-18)16-25(24)33-26(34)32-22-11-5-9-20(15-22)27(29,30)31/h1-16H,17H2,(H2,32,33,34). The summed E-state index contributed by atoms with van der Waals surface area (Å²) in [5.41, 5.74) is 0.816. The first-order valence-electron chi connectivity index (χ1n) is 10.9. The lowest BCUT2D eigenvalue weighted by molar-refractivity contribution is -0.137. The van der Waals surface area contributed by atoms with Crippen LogP contribution >= 0.6 is 11.6 Å². The van der Waals surface area contributed by atoms with Gasteiger partial charge >= 0.3 is 12.2 Å². The zero-order chi connectivity index (χ0) is 26.6. The lowest BCUT2D eigenvalue weighted by Gasteiger charge is -2.15. The lowest BCUT2D eigenvalue weighted by Crippen LogP contribution is -2.20. The Hall–Kier alpha value is -3.82. The zero-order valence-electron chi connectivity index (χ0n) is 19.1. The van der Waals surface area contributed by atoms with Crippen LogP contribution in [0.1, 0.15) is 11.1 Å². The van der Waals surface area contributed by atoms with E-state index < -0.39 is 27.6 Å². The number of halogens is 4. The van der Waals surface area contributed by atoms with Crippen molar-refractivity contribution in [1.29, 1.82) is 0 Å². The minimum absolute atomic E-state index is 0.0310. The molecule has 4 rings (SSSR count). The van der Waals surface area contributed by atoms with Crippen LogP contribution in [0.3, 0.4) is 0 Å². The molecular weight excluding hydrogens is 525 g/mol. The summed E-state index contributed by atoms with van der Waals surface area (Å²) in [5, 5.41) is 5.37. The fraction of sp³-hybridized carbons (Fsp3) is 0.0741. The summed E-state index contributed by atoms with van der Waals surface area (Å²) in [6, 6.07) is 23.0. The molecule has 190 valence electrons. The summed E-state index contributed by atoms with van der Waals surface area (Å²) >= 11 is 6.12. The molecule has 0 bridgehead atoms. The van der Waals surface area contributed by atoms with Gasteiger partial charge in [0.05, 0.1) is 21.9 Å². The molecule has 0 radical (unpaired) electrons. The Kier molecular flexibility index (Phi) is 7.56. The molecular formula is C27H20ClF3N2O3S. The van der Waals surface area contributed by atoms with Gasteiger partial charge in [-0.2, -0.15) is 13.2 Å². The molecule has 2 N–H and O–H groups in total. The summed E-state index contributed by atoms with van der Waals surface area (Å²) in [4.78, 5) is 12.7. The smallest absolute Gasteiger partial charge is 0.308 e. The van der Waals surface area contributed by atoms with Gasteiger partial charge in [-0.1, -0.05) is 66.2 Å². The number of urea groups is 1. The topological polar surface area (TPSA) is 75.3 Å². The highest BCUT2D eigenvalue weighted by atomic mass is 35.5. The SMILES string of the molecule is O=C(Nc1cccc(C(F)(F)F)c1)Nc1cc(S(=O)(=O)Cc2ccccc2)ccc1-c1cccc(Cl)c1. The predicted molar refractivity (Wildman–Crippen MR) is 138 cm³/mol. The monoisotopic (exact) mass is 544 g/mol. The van der Waals surface area contributed by atoms with E-state index in [0.717, 1.165) is 12.1 Å². The fourth-order valence-electron chi connectivity index (χ4n) is 3.66. The molecule has 0 spiro atoms. The molecule has 0 saturated heterocycles. The number of carbonyl (C=O) groups excluding carboxylic acids is 1. The van der Waals surface area contributed by atoms with E-state index in [1.807, 2.05) is 0 Å². The van der Waals surface area contributed by atoms with E-state index in [1.165, 1.54) is 24.3 Å². The van der Waals surface area contributed by atoms with Gasteiger partial charge in [-0.25, -0.2) is 13.2 Å². The van der Waals surface area contributed by atoms with Crippen molar-refractivity contribution >= 4 is 38.8 Å². The minimum atomic E-state index is -4.57. The van der Waals surface area contributed by atoms with Gasteiger partial charge in [0.15, 0.2) is 9.84 Å². The number of amides is 2. The first-order chi connectivity index (χ1) is 17.5. The van der Waals surface area contributed by atoms with Crippen molar-refractivity contribution in [2.24, 2.45) is 0 Å². The molecule has 0 aliphatic rings. The summed E-state index contributed by atoms with van der Waals surface area (Å²) in [6.45, 7) is 0. The summed E-state index contributed by atoms with van der Waals surface area (Å²) in [7, 11) is -3.78. The van der Waals surface area contributed by atoms with Crippen LogP contribution in [-0.2, 0) is 21.8 Å². The van der Waals surface area contributed by atoms with E-state index in [4.69, 9.17) is 11.6 Å². The molecule has 4 aromatic rings.